The highest BCUT2D eigenvalue weighted by Gasteiger charge is 2.10. The molecular weight excluding hydrogens is 234 g/mol. The van der Waals surface area contributed by atoms with E-state index in [1.165, 1.54) is 0 Å². The number of para-hydroxylation sites is 1. The molecule has 1 rings (SSSR count). The molecule has 1 aromatic carbocycles. The maximum absolute atomic E-state index is 11.5. The van der Waals surface area contributed by atoms with Gasteiger partial charge in [0.15, 0.2) is 5.84 Å². The summed E-state index contributed by atoms with van der Waals surface area (Å²) in [6.07, 6.45) is -0.568. The first-order valence-corrected chi connectivity index (χ1v) is 5.55. The lowest BCUT2D eigenvalue weighted by Crippen LogP contribution is -2.20. The van der Waals surface area contributed by atoms with Gasteiger partial charge in [-0.2, -0.15) is 0 Å². The van der Waals surface area contributed by atoms with Crippen LogP contribution in [0.1, 0.15) is 19.4 Å². The quantitative estimate of drug-likeness (QED) is 0.330. The van der Waals surface area contributed by atoms with E-state index >= 15 is 0 Å². The highest BCUT2D eigenvalue weighted by Crippen LogP contribution is 2.15. The molecule has 0 aliphatic rings. The van der Waals surface area contributed by atoms with Crippen molar-refractivity contribution in [2.75, 3.05) is 11.9 Å². The Hall–Kier alpha value is -2.24. The Labute approximate surface area is 105 Å². The SMILES string of the molecule is CC(C)COC(=O)Nc1ccccc1/C(N)=N/O. The molecule has 4 N–H and O–H groups in total. The highest BCUT2D eigenvalue weighted by atomic mass is 16.5. The van der Waals surface area contributed by atoms with E-state index in [0.717, 1.165) is 0 Å². The van der Waals surface area contributed by atoms with Gasteiger partial charge in [0.25, 0.3) is 0 Å². The van der Waals surface area contributed by atoms with Gasteiger partial charge in [-0.05, 0) is 18.1 Å². The van der Waals surface area contributed by atoms with Gasteiger partial charge in [-0.15, -0.1) is 0 Å². The third-order valence-electron chi connectivity index (χ3n) is 2.10. The minimum Gasteiger partial charge on any atom is -0.449 e. The number of amides is 1. The minimum atomic E-state index is -0.568. The van der Waals surface area contributed by atoms with E-state index in [0.29, 0.717) is 17.9 Å². The fourth-order valence-corrected chi connectivity index (χ4v) is 1.26. The number of rotatable bonds is 4. The summed E-state index contributed by atoms with van der Waals surface area (Å²) in [7, 11) is 0. The topological polar surface area (TPSA) is 96.9 Å². The number of benzene rings is 1. The molecule has 0 spiro atoms. The summed E-state index contributed by atoms with van der Waals surface area (Å²) < 4.78 is 4.98. The summed E-state index contributed by atoms with van der Waals surface area (Å²) in [6, 6.07) is 6.72. The lowest BCUT2D eigenvalue weighted by atomic mass is 10.1. The van der Waals surface area contributed by atoms with E-state index in [1.807, 2.05) is 13.8 Å². The van der Waals surface area contributed by atoms with E-state index in [-0.39, 0.29) is 11.8 Å². The smallest absolute Gasteiger partial charge is 0.411 e. The predicted octanol–water partition coefficient (Wildman–Crippen LogP) is 1.99. The Morgan fingerprint density at radius 3 is 2.78 bits per heavy atom. The molecule has 0 bridgehead atoms. The van der Waals surface area contributed by atoms with E-state index in [4.69, 9.17) is 15.7 Å². The fourth-order valence-electron chi connectivity index (χ4n) is 1.26. The third-order valence-corrected chi connectivity index (χ3v) is 2.10. The van der Waals surface area contributed by atoms with Crippen LogP contribution in [0.4, 0.5) is 10.5 Å². The normalized spacial score (nSPS) is 11.4. The molecule has 6 heteroatoms. The lowest BCUT2D eigenvalue weighted by Gasteiger charge is -2.11. The van der Waals surface area contributed by atoms with E-state index in [2.05, 4.69) is 10.5 Å². The number of anilines is 1. The van der Waals surface area contributed by atoms with Crippen molar-refractivity contribution < 1.29 is 14.7 Å². The predicted molar refractivity (Wildman–Crippen MR) is 68.8 cm³/mol. The van der Waals surface area contributed by atoms with Crippen molar-refractivity contribution in [3.8, 4) is 0 Å². The number of nitrogens with one attached hydrogen (secondary N) is 1. The maximum Gasteiger partial charge on any atom is 0.411 e. The summed E-state index contributed by atoms with van der Waals surface area (Å²) in [5.41, 5.74) is 6.36. The first-order chi connectivity index (χ1) is 8.54. The first-order valence-electron chi connectivity index (χ1n) is 5.55. The van der Waals surface area contributed by atoms with Crippen LogP contribution in [-0.4, -0.2) is 23.7 Å². The number of nitrogens with zero attached hydrogens (tertiary/aromatic N) is 1. The zero-order valence-corrected chi connectivity index (χ0v) is 10.4. The van der Waals surface area contributed by atoms with Gasteiger partial charge < -0.3 is 15.7 Å². The molecule has 98 valence electrons. The van der Waals surface area contributed by atoms with E-state index in [1.54, 1.807) is 24.3 Å². The summed E-state index contributed by atoms with van der Waals surface area (Å²) in [5.74, 6) is 0.185. The third kappa shape index (κ3) is 3.97. The molecule has 0 aliphatic heterocycles. The number of hydrogen-bond donors (Lipinski definition) is 3. The molecular formula is C12H17N3O3. The maximum atomic E-state index is 11.5. The van der Waals surface area contributed by atoms with Crippen molar-refractivity contribution in [3.63, 3.8) is 0 Å². The zero-order valence-electron chi connectivity index (χ0n) is 10.4. The number of carbonyl (C=O) groups is 1. The van der Waals surface area contributed by atoms with Gasteiger partial charge in [-0.3, -0.25) is 5.32 Å². The Morgan fingerprint density at radius 1 is 1.50 bits per heavy atom. The molecule has 0 fully saturated rings. The number of carbonyl (C=O) groups excluding carboxylic acids is 1. The average Bonchev–Trinajstić information content (AvgIpc) is 2.36. The van der Waals surface area contributed by atoms with Crippen molar-refractivity contribution in [1.82, 2.24) is 0 Å². The summed E-state index contributed by atoms with van der Waals surface area (Å²) in [5, 5.41) is 14.1. The van der Waals surface area contributed by atoms with Crippen LogP contribution in [0.2, 0.25) is 0 Å². The highest BCUT2D eigenvalue weighted by molar-refractivity contribution is 6.04. The van der Waals surface area contributed by atoms with Crippen molar-refractivity contribution in [3.05, 3.63) is 29.8 Å². The fraction of sp³-hybridized carbons (Fsp3) is 0.333. The second kappa shape index (κ2) is 6.48. The van der Waals surface area contributed by atoms with Gasteiger partial charge >= 0.3 is 6.09 Å². The van der Waals surface area contributed by atoms with Gasteiger partial charge in [0, 0.05) is 5.56 Å². The zero-order chi connectivity index (χ0) is 13.5. The van der Waals surface area contributed by atoms with E-state index < -0.39 is 6.09 Å². The van der Waals surface area contributed by atoms with Gasteiger partial charge in [-0.1, -0.05) is 31.1 Å². The number of nitrogens with two attached hydrogens (primary N) is 1. The van der Waals surface area contributed by atoms with Crippen LogP contribution in [-0.2, 0) is 4.74 Å². The Bertz CT molecular complexity index is 444. The standard InChI is InChI=1S/C12H17N3O3/c1-8(2)7-18-12(16)14-10-6-4-3-5-9(10)11(13)15-17/h3-6,8,17H,7H2,1-2H3,(H2,13,15)(H,14,16). The van der Waals surface area contributed by atoms with Crippen molar-refractivity contribution in [1.29, 1.82) is 0 Å². The molecule has 18 heavy (non-hydrogen) atoms. The molecule has 0 saturated carbocycles. The van der Waals surface area contributed by atoms with Gasteiger partial charge in [0.05, 0.1) is 12.3 Å². The van der Waals surface area contributed by atoms with Crippen molar-refractivity contribution in [2.45, 2.75) is 13.8 Å². The average molecular weight is 251 g/mol. The largest absolute Gasteiger partial charge is 0.449 e. The van der Waals surface area contributed by atoms with Crippen LogP contribution < -0.4 is 11.1 Å². The van der Waals surface area contributed by atoms with Crippen molar-refractivity contribution >= 4 is 17.6 Å². The monoisotopic (exact) mass is 251 g/mol. The molecule has 0 radical (unpaired) electrons. The Kier molecular flexibility index (Phi) is 4.98. The molecule has 0 unspecified atom stereocenters. The Balaban J connectivity index is 2.75. The molecule has 0 aliphatic carbocycles. The summed E-state index contributed by atoms with van der Waals surface area (Å²) in [6.45, 7) is 4.22. The van der Waals surface area contributed by atoms with Gasteiger partial charge in [-0.25, -0.2) is 4.79 Å². The second-order valence-corrected chi connectivity index (χ2v) is 4.15. The van der Waals surface area contributed by atoms with Crippen LogP contribution in [0.15, 0.2) is 29.4 Å². The molecule has 0 heterocycles. The van der Waals surface area contributed by atoms with Crippen LogP contribution in [0.3, 0.4) is 0 Å². The molecule has 0 atom stereocenters. The summed E-state index contributed by atoms with van der Waals surface area (Å²) in [4.78, 5) is 11.5. The van der Waals surface area contributed by atoms with Gasteiger partial charge in [0.2, 0.25) is 0 Å². The van der Waals surface area contributed by atoms with Crippen LogP contribution in [0.25, 0.3) is 0 Å². The molecule has 6 nitrogen and oxygen atoms in total. The summed E-state index contributed by atoms with van der Waals surface area (Å²) >= 11 is 0. The van der Waals surface area contributed by atoms with Crippen LogP contribution in [0.5, 0.6) is 0 Å². The minimum absolute atomic E-state index is 0.0743. The van der Waals surface area contributed by atoms with Gasteiger partial charge in [0.1, 0.15) is 0 Å². The van der Waals surface area contributed by atoms with Crippen LogP contribution in [0, 0.1) is 5.92 Å². The van der Waals surface area contributed by atoms with E-state index in [9.17, 15) is 4.79 Å². The molecule has 0 aromatic heterocycles. The van der Waals surface area contributed by atoms with Crippen LogP contribution >= 0.6 is 0 Å². The number of amidine groups is 1. The molecule has 1 amide bonds. The molecule has 0 saturated heterocycles. The number of oxime groups is 1. The number of hydrogen-bond acceptors (Lipinski definition) is 4. The second-order valence-electron chi connectivity index (χ2n) is 4.15. The first kappa shape index (κ1) is 13.8. The Morgan fingerprint density at radius 2 is 2.17 bits per heavy atom. The van der Waals surface area contributed by atoms with Crippen molar-refractivity contribution in [2.24, 2.45) is 16.8 Å². The molecule has 1 aromatic rings. The number of ether oxygens (including phenoxy) is 1. The lowest BCUT2D eigenvalue weighted by molar-refractivity contribution is 0.147.